The first-order valence-electron chi connectivity index (χ1n) is 6.27. The van der Waals surface area contributed by atoms with E-state index in [9.17, 15) is 9.90 Å². The van der Waals surface area contributed by atoms with Gasteiger partial charge in [0.15, 0.2) is 0 Å². The van der Waals surface area contributed by atoms with Crippen LogP contribution >= 0.6 is 0 Å². The average Bonchev–Trinajstić information content (AvgIpc) is 2.90. The number of carbonyl (C=O) groups is 1. The van der Waals surface area contributed by atoms with Gasteiger partial charge in [0.25, 0.3) is 0 Å². The number of H-pyrrole nitrogens is 1. The van der Waals surface area contributed by atoms with E-state index in [1.54, 1.807) is 18.3 Å². The van der Waals surface area contributed by atoms with Crippen molar-refractivity contribution in [1.29, 1.82) is 0 Å². The SMILES string of the molecule is O=C([O-])c1ccc(/C=N\Nc2nc3ccccc3[nH]2)cc1. The molecule has 0 amide bonds. The maximum atomic E-state index is 10.6. The summed E-state index contributed by atoms with van der Waals surface area (Å²) in [5.74, 6) is -0.655. The van der Waals surface area contributed by atoms with Gasteiger partial charge in [0, 0.05) is 0 Å². The van der Waals surface area contributed by atoms with Crippen molar-refractivity contribution in [2.75, 3.05) is 5.43 Å². The van der Waals surface area contributed by atoms with E-state index in [-0.39, 0.29) is 5.56 Å². The third-order valence-corrected chi connectivity index (χ3v) is 2.92. The summed E-state index contributed by atoms with van der Waals surface area (Å²) in [6.07, 6.45) is 1.58. The van der Waals surface area contributed by atoms with Gasteiger partial charge >= 0.3 is 0 Å². The number of carbonyl (C=O) groups excluding carboxylic acids is 1. The Bertz CT molecular complexity index is 773. The number of benzene rings is 2. The van der Waals surface area contributed by atoms with Gasteiger partial charge in [-0.3, -0.25) is 0 Å². The first kappa shape index (κ1) is 12.9. The standard InChI is InChI=1S/C15H12N4O2/c20-14(21)11-7-5-10(6-8-11)9-16-19-15-17-12-3-1-2-4-13(12)18-15/h1-9H,(H,20,21)(H2,17,18,19)/p-1/b16-9-. The molecule has 0 radical (unpaired) electrons. The maximum Gasteiger partial charge on any atom is 0.222 e. The lowest BCUT2D eigenvalue weighted by atomic mass is 10.1. The molecule has 2 aromatic carbocycles. The molecule has 0 aliphatic rings. The molecular formula is C15H11N4O2-. The molecule has 1 heterocycles. The minimum Gasteiger partial charge on any atom is -0.545 e. The number of carboxylic acids is 1. The third-order valence-electron chi connectivity index (χ3n) is 2.92. The number of nitrogens with zero attached hydrogens (tertiary/aromatic N) is 2. The normalized spacial score (nSPS) is 11.0. The molecule has 2 N–H and O–H groups in total. The zero-order valence-electron chi connectivity index (χ0n) is 10.9. The highest BCUT2D eigenvalue weighted by Crippen LogP contribution is 2.13. The number of nitrogens with one attached hydrogen (secondary N) is 2. The van der Waals surface area contributed by atoms with E-state index >= 15 is 0 Å². The topological polar surface area (TPSA) is 93.2 Å². The largest absolute Gasteiger partial charge is 0.545 e. The molecule has 3 rings (SSSR count). The minimum atomic E-state index is -1.20. The summed E-state index contributed by atoms with van der Waals surface area (Å²) in [5, 5.41) is 14.7. The molecule has 0 spiro atoms. The number of para-hydroxylation sites is 2. The van der Waals surface area contributed by atoms with E-state index in [1.807, 2.05) is 24.3 Å². The zero-order chi connectivity index (χ0) is 14.7. The molecular weight excluding hydrogens is 268 g/mol. The lowest BCUT2D eigenvalue weighted by molar-refractivity contribution is -0.255. The van der Waals surface area contributed by atoms with E-state index < -0.39 is 5.97 Å². The van der Waals surface area contributed by atoms with Crippen molar-refractivity contribution in [2.24, 2.45) is 5.10 Å². The van der Waals surface area contributed by atoms with Crippen LogP contribution < -0.4 is 10.5 Å². The summed E-state index contributed by atoms with van der Waals surface area (Å²) < 4.78 is 0. The molecule has 0 aliphatic carbocycles. The van der Waals surface area contributed by atoms with Crippen molar-refractivity contribution in [3.05, 3.63) is 59.7 Å². The zero-order valence-corrected chi connectivity index (χ0v) is 10.9. The van der Waals surface area contributed by atoms with Gasteiger partial charge in [-0.1, -0.05) is 36.4 Å². The van der Waals surface area contributed by atoms with Crippen molar-refractivity contribution in [1.82, 2.24) is 9.97 Å². The molecule has 3 aromatic rings. The number of hydrazone groups is 1. The molecule has 0 saturated carbocycles. The number of hydrogen-bond donors (Lipinski definition) is 2. The molecule has 0 fully saturated rings. The number of aromatic amines is 1. The number of carboxylic acid groups (broad SMARTS) is 1. The first-order chi connectivity index (χ1) is 10.2. The summed E-state index contributed by atoms with van der Waals surface area (Å²) in [5.41, 5.74) is 5.48. The second-order valence-electron chi connectivity index (χ2n) is 4.38. The molecule has 0 atom stereocenters. The molecule has 6 nitrogen and oxygen atoms in total. The van der Waals surface area contributed by atoms with E-state index in [0.717, 1.165) is 16.6 Å². The van der Waals surface area contributed by atoms with Crippen LogP contribution in [-0.4, -0.2) is 22.2 Å². The number of fused-ring (bicyclic) bond motifs is 1. The Morgan fingerprint density at radius 2 is 1.95 bits per heavy atom. The quantitative estimate of drug-likeness (QED) is 0.557. The van der Waals surface area contributed by atoms with Crippen LogP contribution in [0.4, 0.5) is 5.95 Å². The molecule has 1 aromatic heterocycles. The summed E-state index contributed by atoms with van der Waals surface area (Å²) in [7, 11) is 0. The van der Waals surface area contributed by atoms with Gasteiger partial charge in [0.05, 0.1) is 23.2 Å². The van der Waals surface area contributed by atoms with Crippen molar-refractivity contribution >= 4 is 29.2 Å². The maximum absolute atomic E-state index is 10.6. The fourth-order valence-electron chi connectivity index (χ4n) is 1.88. The number of rotatable bonds is 4. The summed E-state index contributed by atoms with van der Waals surface area (Å²) >= 11 is 0. The van der Waals surface area contributed by atoms with Crippen molar-refractivity contribution in [3.63, 3.8) is 0 Å². The number of imidazole rings is 1. The van der Waals surface area contributed by atoms with Gasteiger partial charge in [-0.25, -0.2) is 10.4 Å². The van der Waals surface area contributed by atoms with Gasteiger partial charge in [-0.05, 0) is 23.3 Å². The molecule has 21 heavy (non-hydrogen) atoms. The Morgan fingerprint density at radius 3 is 2.67 bits per heavy atom. The number of aromatic nitrogens is 2. The fraction of sp³-hybridized carbons (Fsp3) is 0. The molecule has 0 bridgehead atoms. The highest BCUT2D eigenvalue weighted by atomic mass is 16.4. The second kappa shape index (κ2) is 5.46. The number of aromatic carboxylic acids is 1. The van der Waals surface area contributed by atoms with Crippen LogP contribution in [0.3, 0.4) is 0 Å². The molecule has 104 valence electrons. The summed E-state index contributed by atoms with van der Waals surface area (Å²) in [4.78, 5) is 18.0. The number of anilines is 1. The van der Waals surface area contributed by atoms with Crippen LogP contribution in [0.25, 0.3) is 11.0 Å². The van der Waals surface area contributed by atoms with Gasteiger partial charge in [0.2, 0.25) is 5.95 Å². The van der Waals surface area contributed by atoms with Crippen LogP contribution in [0.1, 0.15) is 15.9 Å². The van der Waals surface area contributed by atoms with Gasteiger partial charge in [-0.15, -0.1) is 0 Å². The van der Waals surface area contributed by atoms with Gasteiger partial charge in [-0.2, -0.15) is 5.10 Å². The van der Waals surface area contributed by atoms with E-state index in [0.29, 0.717) is 5.95 Å². The monoisotopic (exact) mass is 279 g/mol. The molecule has 0 saturated heterocycles. The summed E-state index contributed by atoms with van der Waals surface area (Å²) in [6.45, 7) is 0. The molecule has 6 heteroatoms. The Balaban J connectivity index is 1.70. The highest BCUT2D eigenvalue weighted by Gasteiger charge is 1.99. The predicted octanol–water partition coefficient (Wildman–Crippen LogP) is 1.37. The minimum absolute atomic E-state index is 0.136. The van der Waals surface area contributed by atoms with E-state index in [1.165, 1.54) is 12.1 Å². The predicted molar refractivity (Wildman–Crippen MR) is 78.1 cm³/mol. The van der Waals surface area contributed by atoms with Crippen LogP contribution in [0.2, 0.25) is 0 Å². The Kier molecular flexibility index (Phi) is 3.34. The third kappa shape index (κ3) is 2.89. The lowest BCUT2D eigenvalue weighted by Gasteiger charge is -2.01. The van der Waals surface area contributed by atoms with Gasteiger partial charge < -0.3 is 14.9 Å². The van der Waals surface area contributed by atoms with Crippen molar-refractivity contribution < 1.29 is 9.90 Å². The average molecular weight is 279 g/mol. The molecule has 0 aliphatic heterocycles. The number of hydrogen-bond acceptors (Lipinski definition) is 5. The Morgan fingerprint density at radius 1 is 1.19 bits per heavy atom. The second-order valence-corrected chi connectivity index (χ2v) is 4.38. The molecule has 0 unspecified atom stereocenters. The first-order valence-corrected chi connectivity index (χ1v) is 6.27. The van der Waals surface area contributed by atoms with E-state index in [2.05, 4.69) is 20.5 Å². The lowest BCUT2D eigenvalue weighted by Crippen LogP contribution is -2.21. The highest BCUT2D eigenvalue weighted by molar-refractivity contribution is 5.88. The summed E-state index contributed by atoms with van der Waals surface area (Å²) in [6, 6.07) is 13.9. The fourth-order valence-corrected chi connectivity index (χ4v) is 1.88. The van der Waals surface area contributed by atoms with Crippen molar-refractivity contribution in [2.45, 2.75) is 0 Å². The van der Waals surface area contributed by atoms with Gasteiger partial charge in [0.1, 0.15) is 0 Å². The van der Waals surface area contributed by atoms with Crippen molar-refractivity contribution in [3.8, 4) is 0 Å². The van der Waals surface area contributed by atoms with Crippen LogP contribution in [-0.2, 0) is 0 Å². The van der Waals surface area contributed by atoms with Crippen LogP contribution in [0.15, 0.2) is 53.6 Å². The Labute approximate surface area is 120 Å². The Hall–Kier alpha value is -3.15. The van der Waals surface area contributed by atoms with E-state index in [4.69, 9.17) is 0 Å². The van der Waals surface area contributed by atoms with Crippen LogP contribution in [0.5, 0.6) is 0 Å². The smallest absolute Gasteiger partial charge is 0.222 e. The van der Waals surface area contributed by atoms with Crippen LogP contribution in [0, 0.1) is 0 Å².